The average Bonchev–Trinajstić information content (AvgIpc) is 2.55. The van der Waals surface area contributed by atoms with Gasteiger partial charge in [-0.3, -0.25) is 14.3 Å². The van der Waals surface area contributed by atoms with Gasteiger partial charge in [0.25, 0.3) is 0 Å². The Balaban J connectivity index is 2.26. The summed E-state index contributed by atoms with van der Waals surface area (Å²) in [5.74, 6) is -0.256. The van der Waals surface area contributed by atoms with E-state index in [9.17, 15) is 9.59 Å². The third kappa shape index (κ3) is 2.08. The maximum Gasteiger partial charge on any atom is 0.242 e. The average molecular weight is 271 g/mol. The van der Waals surface area contributed by atoms with E-state index < -0.39 is 6.04 Å². The molecule has 0 aliphatic carbocycles. The molecule has 1 saturated heterocycles. The smallest absolute Gasteiger partial charge is 0.242 e. The summed E-state index contributed by atoms with van der Waals surface area (Å²) < 4.78 is 1.56. The minimum absolute atomic E-state index is 0.0418. The minimum Gasteiger partial charge on any atom is -0.345 e. The van der Waals surface area contributed by atoms with Gasteiger partial charge in [-0.15, -0.1) is 0 Å². The molecule has 0 radical (unpaired) electrons. The van der Waals surface area contributed by atoms with Crippen LogP contribution in [0.15, 0.2) is 0 Å². The van der Waals surface area contributed by atoms with Crippen molar-refractivity contribution in [1.82, 2.24) is 20.0 Å². The van der Waals surface area contributed by atoms with Gasteiger partial charge in [0.15, 0.2) is 0 Å². The molecule has 1 fully saturated rings. The lowest BCUT2D eigenvalue weighted by atomic mass is 10.1. The SMILES string of the molecule is Cc1nn(C)c(Cl)c1CN1C(=O)CNC(=O)C1C. The number of carbonyl (C=O) groups excluding carboxylic acids is 2. The zero-order valence-electron chi connectivity index (χ0n) is 10.5. The molecule has 98 valence electrons. The fraction of sp³-hybridized carbons (Fsp3) is 0.545. The number of nitrogens with one attached hydrogen (secondary N) is 1. The zero-order chi connectivity index (χ0) is 13.4. The third-order valence-corrected chi connectivity index (χ3v) is 3.65. The molecule has 0 aromatic carbocycles. The highest BCUT2D eigenvalue weighted by Crippen LogP contribution is 2.22. The summed E-state index contributed by atoms with van der Waals surface area (Å²) in [7, 11) is 1.74. The molecule has 0 saturated carbocycles. The molecule has 2 rings (SSSR count). The number of amides is 2. The van der Waals surface area contributed by atoms with Crippen LogP contribution in [-0.2, 0) is 23.2 Å². The van der Waals surface area contributed by atoms with Crippen molar-refractivity contribution < 1.29 is 9.59 Å². The normalized spacial score (nSPS) is 20.2. The number of hydrogen-bond donors (Lipinski definition) is 1. The Bertz CT molecular complexity index is 511. The van der Waals surface area contributed by atoms with E-state index in [-0.39, 0.29) is 18.4 Å². The van der Waals surface area contributed by atoms with Crippen LogP contribution < -0.4 is 5.32 Å². The Morgan fingerprint density at radius 2 is 2.17 bits per heavy atom. The van der Waals surface area contributed by atoms with Crippen molar-refractivity contribution in [3.8, 4) is 0 Å². The summed E-state index contributed by atoms with van der Waals surface area (Å²) in [6.45, 7) is 3.89. The van der Waals surface area contributed by atoms with Crippen LogP contribution >= 0.6 is 11.6 Å². The predicted molar refractivity (Wildman–Crippen MR) is 66.0 cm³/mol. The number of hydrogen-bond acceptors (Lipinski definition) is 3. The van der Waals surface area contributed by atoms with Gasteiger partial charge in [0.05, 0.1) is 18.8 Å². The topological polar surface area (TPSA) is 67.2 Å². The number of halogens is 1. The standard InChI is InChI=1S/C11H15ClN4O2/c1-6-8(10(12)15(3)14-6)5-16-7(2)11(18)13-4-9(16)17/h7H,4-5H2,1-3H3,(H,13,18). The summed E-state index contributed by atoms with van der Waals surface area (Å²) in [6.07, 6.45) is 0. The van der Waals surface area contributed by atoms with E-state index in [1.165, 1.54) is 4.90 Å². The predicted octanol–water partition coefficient (Wildman–Crippen LogP) is 0.229. The van der Waals surface area contributed by atoms with E-state index in [1.807, 2.05) is 6.92 Å². The van der Waals surface area contributed by atoms with Gasteiger partial charge in [0, 0.05) is 12.6 Å². The van der Waals surface area contributed by atoms with E-state index in [4.69, 9.17) is 11.6 Å². The molecule has 18 heavy (non-hydrogen) atoms. The summed E-state index contributed by atoms with van der Waals surface area (Å²) in [6, 6.07) is -0.484. The summed E-state index contributed by atoms with van der Waals surface area (Å²) in [5.41, 5.74) is 1.56. The molecule has 2 amide bonds. The van der Waals surface area contributed by atoms with Gasteiger partial charge in [-0.05, 0) is 13.8 Å². The molecule has 7 heteroatoms. The molecule has 2 heterocycles. The molecule has 1 aliphatic rings. The largest absolute Gasteiger partial charge is 0.345 e. The first-order valence-corrected chi connectivity index (χ1v) is 6.04. The van der Waals surface area contributed by atoms with Gasteiger partial charge in [0.2, 0.25) is 11.8 Å². The number of piperazine rings is 1. The quantitative estimate of drug-likeness (QED) is 0.836. The number of rotatable bonds is 2. The number of nitrogens with zero attached hydrogens (tertiary/aromatic N) is 3. The van der Waals surface area contributed by atoms with Crippen LogP contribution in [0.3, 0.4) is 0 Å². The first-order chi connectivity index (χ1) is 8.41. The van der Waals surface area contributed by atoms with Crippen molar-refractivity contribution >= 4 is 23.4 Å². The lowest BCUT2D eigenvalue weighted by molar-refractivity contribution is -0.145. The van der Waals surface area contributed by atoms with Gasteiger partial charge in [0.1, 0.15) is 11.2 Å². The van der Waals surface area contributed by atoms with Gasteiger partial charge < -0.3 is 10.2 Å². The lowest BCUT2D eigenvalue weighted by Gasteiger charge is -2.32. The molecule has 1 aromatic rings. The van der Waals surface area contributed by atoms with Gasteiger partial charge in [-0.2, -0.15) is 5.10 Å². The van der Waals surface area contributed by atoms with Crippen LogP contribution in [-0.4, -0.2) is 39.1 Å². The Labute approximate surface area is 110 Å². The highest BCUT2D eigenvalue weighted by Gasteiger charge is 2.32. The molecule has 0 spiro atoms. The summed E-state index contributed by atoms with van der Waals surface area (Å²) >= 11 is 6.13. The Hall–Kier alpha value is -1.56. The molecule has 0 bridgehead atoms. The van der Waals surface area contributed by atoms with Crippen molar-refractivity contribution in [2.45, 2.75) is 26.4 Å². The third-order valence-electron chi connectivity index (χ3n) is 3.18. The van der Waals surface area contributed by atoms with E-state index >= 15 is 0 Å². The van der Waals surface area contributed by atoms with Gasteiger partial charge in [-0.25, -0.2) is 0 Å². The van der Waals surface area contributed by atoms with E-state index in [0.29, 0.717) is 11.7 Å². The van der Waals surface area contributed by atoms with Crippen LogP contribution in [0.1, 0.15) is 18.2 Å². The number of aryl methyl sites for hydroxylation is 2. The highest BCUT2D eigenvalue weighted by molar-refractivity contribution is 6.30. The molecular formula is C11H15ClN4O2. The minimum atomic E-state index is -0.484. The second-order valence-electron chi connectivity index (χ2n) is 4.39. The Morgan fingerprint density at radius 1 is 1.50 bits per heavy atom. The first kappa shape index (κ1) is 12.9. The first-order valence-electron chi connectivity index (χ1n) is 5.67. The second-order valence-corrected chi connectivity index (χ2v) is 4.75. The van der Waals surface area contributed by atoms with Crippen molar-refractivity contribution in [1.29, 1.82) is 0 Å². The fourth-order valence-electron chi connectivity index (χ4n) is 2.02. The molecule has 1 aromatic heterocycles. The molecule has 1 atom stereocenters. The van der Waals surface area contributed by atoms with Crippen LogP contribution in [0.2, 0.25) is 5.15 Å². The number of carbonyl (C=O) groups is 2. The van der Waals surface area contributed by atoms with E-state index in [1.54, 1.807) is 18.7 Å². The summed E-state index contributed by atoms with van der Waals surface area (Å²) in [4.78, 5) is 24.9. The van der Waals surface area contributed by atoms with Crippen molar-refractivity contribution in [3.63, 3.8) is 0 Å². The van der Waals surface area contributed by atoms with Gasteiger partial charge >= 0.3 is 0 Å². The molecule has 1 unspecified atom stereocenters. The van der Waals surface area contributed by atoms with E-state index in [2.05, 4.69) is 10.4 Å². The van der Waals surface area contributed by atoms with Crippen LogP contribution in [0, 0.1) is 6.92 Å². The van der Waals surface area contributed by atoms with Crippen molar-refractivity contribution in [2.24, 2.45) is 7.05 Å². The number of aromatic nitrogens is 2. The Morgan fingerprint density at radius 3 is 2.72 bits per heavy atom. The second kappa shape index (κ2) is 4.61. The highest BCUT2D eigenvalue weighted by atomic mass is 35.5. The van der Waals surface area contributed by atoms with Crippen LogP contribution in [0.4, 0.5) is 0 Å². The summed E-state index contributed by atoms with van der Waals surface area (Å²) in [5, 5.41) is 7.24. The van der Waals surface area contributed by atoms with Gasteiger partial charge in [-0.1, -0.05) is 11.6 Å². The van der Waals surface area contributed by atoms with Crippen molar-refractivity contribution in [2.75, 3.05) is 6.54 Å². The maximum absolute atomic E-state index is 11.8. The molecule has 1 aliphatic heterocycles. The zero-order valence-corrected chi connectivity index (χ0v) is 11.3. The maximum atomic E-state index is 11.8. The van der Waals surface area contributed by atoms with Crippen molar-refractivity contribution in [3.05, 3.63) is 16.4 Å². The van der Waals surface area contributed by atoms with Crippen LogP contribution in [0.5, 0.6) is 0 Å². The van der Waals surface area contributed by atoms with E-state index in [0.717, 1.165) is 11.3 Å². The fourth-order valence-corrected chi connectivity index (χ4v) is 2.25. The van der Waals surface area contributed by atoms with Crippen LogP contribution in [0.25, 0.3) is 0 Å². The monoisotopic (exact) mass is 270 g/mol. The molecule has 6 nitrogen and oxygen atoms in total. The molecule has 1 N–H and O–H groups in total. The Kier molecular flexibility index (Phi) is 3.30. The molecular weight excluding hydrogens is 256 g/mol. The lowest BCUT2D eigenvalue weighted by Crippen LogP contribution is -2.56.